The Hall–Kier alpha value is -4.25. The lowest BCUT2D eigenvalue weighted by atomic mass is 9.93. The Morgan fingerprint density at radius 3 is 2.73 bits per heavy atom. The molecule has 2 amide bonds. The van der Waals surface area contributed by atoms with Crippen LogP contribution in [0.3, 0.4) is 0 Å². The summed E-state index contributed by atoms with van der Waals surface area (Å²) in [5, 5.41) is 3.76. The minimum Gasteiger partial charge on any atom is -0.457 e. The van der Waals surface area contributed by atoms with Gasteiger partial charge in [0.05, 0.1) is 28.9 Å². The van der Waals surface area contributed by atoms with E-state index in [1.165, 1.54) is 12.3 Å². The van der Waals surface area contributed by atoms with E-state index < -0.39 is 5.92 Å². The lowest BCUT2D eigenvalue weighted by Crippen LogP contribution is -2.48. The fraction of sp³-hybridized carbons (Fsp3) is 0.424. The SMILES string of the molecule is Cc1cc2c(Oc3ccc4c(c3)[C@H](C)N(C(=O)Nc3cnc5c(c3)C(F)(F)CCN5C3CCN(C)CC3)CC4)ccnc2[nH]1. The number of anilines is 2. The number of likely N-dealkylation sites (tertiary alicyclic amines) is 1. The maximum Gasteiger partial charge on any atom is 0.322 e. The molecule has 9 nitrogen and oxygen atoms in total. The second-order valence-electron chi connectivity index (χ2n) is 12.3. The zero-order valence-electron chi connectivity index (χ0n) is 25.2. The standard InChI is InChI=1S/C33H37F2N7O2/c1-20-16-27-29(6-11-36-30(27)38-20)44-25-5-4-22-7-14-41(21(2)26(22)18-25)32(43)39-23-17-28-31(37-19-23)42(15-10-33(28,34)35)24-8-12-40(3)13-9-24/h4-6,11,16-19,21,24H,7-10,12-15H2,1-3H3,(H,36,38)(H,39,43)/t21-/m0/s1. The molecule has 0 saturated carbocycles. The van der Waals surface area contributed by atoms with E-state index in [0.717, 1.165) is 53.8 Å². The Kier molecular flexibility index (Phi) is 7.15. The lowest BCUT2D eigenvalue weighted by molar-refractivity contribution is -0.0167. The zero-order chi connectivity index (χ0) is 30.6. The van der Waals surface area contributed by atoms with Crippen molar-refractivity contribution in [3.63, 3.8) is 0 Å². The monoisotopic (exact) mass is 601 g/mol. The number of pyridine rings is 2. The molecule has 0 unspecified atom stereocenters. The average molecular weight is 602 g/mol. The molecule has 1 atom stereocenters. The van der Waals surface area contributed by atoms with Gasteiger partial charge in [0.25, 0.3) is 5.92 Å². The number of hydrogen-bond donors (Lipinski definition) is 2. The summed E-state index contributed by atoms with van der Waals surface area (Å²) in [5.74, 6) is -1.30. The van der Waals surface area contributed by atoms with Crippen molar-refractivity contribution in [2.45, 2.75) is 57.5 Å². The van der Waals surface area contributed by atoms with Crippen molar-refractivity contribution in [3.8, 4) is 11.5 Å². The third kappa shape index (κ3) is 5.23. The van der Waals surface area contributed by atoms with Gasteiger partial charge in [0.1, 0.15) is 23.0 Å². The number of amides is 2. The van der Waals surface area contributed by atoms with Crippen LogP contribution in [-0.4, -0.2) is 70.1 Å². The summed E-state index contributed by atoms with van der Waals surface area (Å²) in [5.41, 5.74) is 4.06. The summed E-state index contributed by atoms with van der Waals surface area (Å²) >= 11 is 0. The summed E-state index contributed by atoms with van der Waals surface area (Å²) in [6.45, 7) is 6.60. The molecule has 3 aliphatic rings. The number of aromatic amines is 1. The number of nitrogens with one attached hydrogen (secondary N) is 2. The highest BCUT2D eigenvalue weighted by molar-refractivity contribution is 5.90. The molecule has 1 fully saturated rings. The largest absolute Gasteiger partial charge is 0.457 e. The normalized spacial score (nSPS) is 20.3. The van der Waals surface area contributed by atoms with Gasteiger partial charge in [-0.1, -0.05) is 6.07 Å². The second-order valence-corrected chi connectivity index (χ2v) is 12.3. The molecule has 7 rings (SSSR count). The van der Waals surface area contributed by atoms with E-state index in [-0.39, 0.29) is 42.3 Å². The summed E-state index contributed by atoms with van der Waals surface area (Å²) in [4.78, 5) is 31.7. The summed E-state index contributed by atoms with van der Waals surface area (Å²) in [6, 6.07) is 10.8. The molecule has 44 heavy (non-hydrogen) atoms. The molecule has 4 aromatic rings. The van der Waals surface area contributed by atoms with E-state index in [4.69, 9.17) is 4.74 Å². The minimum atomic E-state index is -3.00. The van der Waals surface area contributed by atoms with Crippen molar-refractivity contribution in [1.29, 1.82) is 0 Å². The van der Waals surface area contributed by atoms with Gasteiger partial charge >= 0.3 is 6.03 Å². The predicted octanol–water partition coefficient (Wildman–Crippen LogP) is 6.61. The number of benzene rings is 1. The molecular formula is C33H37F2N7O2. The van der Waals surface area contributed by atoms with Crippen LogP contribution in [0.15, 0.2) is 48.8 Å². The third-order valence-corrected chi connectivity index (χ3v) is 9.35. The first-order chi connectivity index (χ1) is 21.2. The van der Waals surface area contributed by atoms with E-state index in [9.17, 15) is 4.79 Å². The maximum absolute atomic E-state index is 15.2. The van der Waals surface area contributed by atoms with Crippen molar-refractivity contribution >= 4 is 28.6 Å². The first kappa shape index (κ1) is 28.5. The van der Waals surface area contributed by atoms with Crippen LogP contribution in [0.4, 0.5) is 25.1 Å². The smallest absolute Gasteiger partial charge is 0.322 e. The Balaban J connectivity index is 1.09. The predicted molar refractivity (Wildman–Crippen MR) is 166 cm³/mol. The Bertz CT molecular complexity index is 1720. The summed E-state index contributed by atoms with van der Waals surface area (Å²) in [6.07, 6.45) is 5.47. The molecule has 0 bridgehead atoms. The minimum absolute atomic E-state index is 0.109. The van der Waals surface area contributed by atoms with Crippen molar-refractivity contribution in [2.24, 2.45) is 0 Å². The van der Waals surface area contributed by atoms with Crippen LogP contribution in [0.25, 0.3) is 11.0 Å². The van der Waals surface area contributed by atoms with E-state index >= 15 is 8.78 Å². The fourth-order valence-corrected chi connectivity index (χ4v) is 6.87. The number of ether oxygens (including phenoxy) is 1. The van der Waals surface area contributed by atoms with Gasteiger partial charge in [-0.05, 0) is 94.7 Å². The van der Waals surface area contributed by atoms with E-state index in [1.807, 2.05) is 49.1 Å². The van der Waals surface area contributed by atoms with Gasteiger partial charge in [-0.3, -0.25) is 0 Å². The number of carbonyl (C=O) groups excluding carboxylic acids is 1. The van der Waals surface area contributed by atoms with Gasteiger partial charge in [0.2, 0.25) is 0 Å². The number of fused-ring (bicyclic) bond motifs is 3. The Labute approximate surface area is 255 Å². The number of carbonyl (C=O) groups is 1. The Morgan fingerprint density at radius 2 is 1.91 bits per heavy atom. The van der Waals surface area contributed by atoms with Gasteiger partial charge < -0.3 is 29.7 Å². The van der Waals surface area contributed by atoms with E-state index in [0.29, 0.717) is 30.3 Å². The second kappa shape index (κ2) is 11.0. The number of halogens is 2. The van der Waals surface area contributed by atoms with Crippen LogP contribution >= 0.6 is 0 Å². The third-order valence-electron chi connectivity index (χ3n) is 9.35. The maximum atomic E-state index is 15.2. The zero-order valence-corrected chi connectivity index (χ0v) is 25.2. The first-order valence-electron chi connectivity index (χ1n) is 15.3. The molecule has 0 radical (unpaired) electrons. The molecule has 6 heterocycles. The summed E-state index contributed by atoms with van der Waals surface area (Å²) in [7, 11) is 2.08. The van der Waals surface area contributed by atoms with E-state index in [1.54, 1.807) is 11.1 Å². The van der Waals surface area contributed by atoms with Crippen LogP contribution in [0, 0.1) is 6.92 Å². The molecule has 230 valence electrons. The van der Waals surface area contributed by atoms with Crippen molar-refractivity contribution < 1.29 is 18.3 Å². The molecule has 11 heteroatoms. The van der Waals surface area contributed by atoms with Gasteiger partial charge in [-0.25, -0.2) is 23.5 Å². The number of urea groups is 1. The van der Waals surface area contributed by atoms with Crippen molar-refractivity contribution in [3.05, 3.63) is 71.2 Å². The first-order valence-corrected chi connectivity index (χ1v) is 15.3. The number of H-pyrrole nitrogens is 1. The quantitative estimate of drug-likeness (QED) is 0.274. The van der Waals surface area contributed by atoms with Gasteiger partial charge in [-0.2, -0.15) is 0 Å². The summed E-state index contributed by atoms with van der Waals surface area (Å²) < 4.78 is 36.6. The van der Waals surface area contributed by atoms with Gasteiger partial charge in [0, 0.05) is 37.4 Å². The molecule has 1 saturated heterocycles. The molecule has 3 aliphatic heterocycles. The van der Waals surface area contributed by atoms with Crippen LogP contribution < -0.4 is 15.0 Å². The number of piperidine rings is 1. The Morgan fingerprint density at radius 1 is 1.09 bits per heavy atom. The number of hydrogen-bond acceptors (Lipinski definition) is 6. The number of aromatic nitrogens is 3. The lowest BCUT2D eigenvalue weighted by Gasteiger charge is -2.42. The van der Waals surface area contributed by atoms with Crippen LogP contribution in [0.2, 0.25) is 0 Å². The highest BCUT2D eigenvalue weighted by Gasteiger charge is 2.43. The molecule has 1 aromatic carbocycles. The van der Waals surface area contributed by atoms with Crippen LogP contribution in [0.1, 0.15) is 54.6 Å². The molecule has 0 spiro atoms. The highest BCUT2D eigenvalue weighted by atomic mass is 19.3. The fourth-order valence-electron chi connectivity index (χ4n) is 6.87. The highest BCUT2D eigenvalue weighted by Crippen LogP contribution is 2.44. The van der Waals surface area contributed by atoms with Gasteiger partial charge in [0.15, 0.2) is 0 Å². The van der Waals surface area contributed by atoms with Crippen molar-refractivity contribution in [1.82, 2.24) is 24.8 Å². The average Bonchev–Trinajstić information content (AvgIpc) is 3.40. The molecule has 0 aliphatic carbocycles. The topological polar surface area (TPSA) is 89.6 Å². The number of rotatable bonds is 4. The number of aryl methyl sites for hydroxylation is 1. The van der Waals surface area contributed by atoms with Crippen LogP contribution in [0.5, 0.6) is 11.5 Å². The van der Waals surface area contributed by atoms with Crippen molar-refractivity contribution in [2.75, 3.05) is 43.4 Å². The number of alkyl halides is 2. The molecular weight excluding hydrogens is 564 g/mol. The molecule has 3 aromatic heterocycles. The molecule has 2 N–H and O–H groups in total. The van der Waals surface area contributed by atoms with E-state index in [2.05, 4.69) is 32.2 Å². The van der Waals surface area contributed by atoms with Crippen LogP contribution in [-0.2, 0) is 12.3 Å². The van der Waals surface area contributed by atoms with Gasteiger partial charge in [-0.15, -0.1) is 0 Å². The number of nitrogens with zero attached hydrogens (tertiary/aromatic N) is 5.